The number of ether oxygens (including phenoxy) is 1. The van der Waals surface area contributed by atoms with Crippen LogP contribution in [-0.4, -0.2) is 19.5 Å². The van der Waals surface area contributed by atoms with Crippen molar-refractivity contribution >= 4 is 12.4 Å². The molecule has 0 heterocycles. The summed E-state index contributed by atoms with van der Waals surface area (Å²) in [6.07, 6.45) is 4.34. The molecule has 14 heavy (non-hydrogen) atoms. The van der Waals surface area contributed by atoms with Crippen molar-refractivity contribution in [1.82, 2.24) is 5.32 Å². The molecule has 0 aromatic rings. The van der Waals surface area contributed by atoms with Gasteiger partial charge in [-0.3, -0.25) is 4.79 Å². The van der Waals surface area contributed by atoms with E-state index in [0.717, 1.165) is 12.0 Å². The SMILES string of the molecule is CC/C(C)=C/C(=C\NC=O)C(=O)OC. The number of carbonyl (C=O) groups excluding carboxylic acids is 2. The molecule has 4 nitrogen and oxygen atoms in total. The molecule has 0 atom stereocenters. The average molecular weight is 197 g/mol. The van der Waals surface area contributed by atoms with Crippen LogP contribution in [-0.2, 0) is 14.3 Å². The van der Waals surface area contributed by atoms with E-state index in [1.165, 1.54) is 13.3 Å². The highest BCUT2D eigenvalue weighted by molar-refractivity contribution is 5.91. The van der Waals surface area contributed by atoms with Crippen LogP contribution < -0.4 is 5.32 Å². The topological polar surface area (TPSA) is 55.4 Å². The number of methoxy groups -OCH3 is 1. The molecule has 0 saturated carbocycles. The first-order chi connectivity index (χ1) is 6.65. The van der Waals surface area contributed by atoms with Gasteiger partial charge in [0, 0.05) is 6.20 Å². The first-order valence-electron chi connectivity index (χ1n) is 4.31. The molecule has 0 rings (SSSR count). The van der Waals surface area contributed by atoms with Crippen LogP contribution in [0, 0.1) is 0 Å². The van der Waals surface area contributed by atoms with Gasteiger partial charge >= 0.3 is 5.97 Å². The van der Waals surface area contributed by atoms with E-state index in [4.69, 9.17) is 0 Å². The lowest BCUT2D eigenvalue weighted by atomic mass is 10.1. The highest BCUT2D eigenvalue weighted by Gasteiger charge is 2.05. The highest BCUT2D eigenvalue weighted by Crippen LogP contribution is 2.06. The Balaban J connectivity index is 4.72. The summed E-state index contributed by atoms with van der Waals surface area (Å²) in [6, 6.07) is 0. The predicted octanol–water partition coefficient (Wildman–Crippen LogP) is 1.15. The van der Waals surface area contributed by atoms with Crippen LogP contribution in [0.25, 0.3) is 0 Å². The van der Waals surface area contributed by atoms with Crippen LogP contribution in [0.4, 0.5) is 0 Å². The van der Waals surface area contributed by atoms with Gasteiger partial charge in [0.15, 0.2) is 0 Å². The van der Waals surface area contributed by atoms with Gasteiger partial charge in [-0.15, -0.1) is 0 Å². The minimum absolute atomic E-state index is 0.332. The minimum Gasteiger partial charge on any atom is -0.465 e. The molecule has 0 aliphatic heterocycles. The van der Waals surface area contributed by atoms with E-state index in [-0.39, 0.29) is 0 Å². The summed E-state index contributed by atoms with van der Waals surface area (Å²) in [4.78, 5) is 21.2. The van der Waals surface area contributed by atoms with Gasteiger partial charge in [0.05, 0.1) is 12.7 Å². The molecular weight excluding hydrogens is 182 g/mol. The van der Waals surface area contributed by atoms with Crippen molar-refractivity contribution in [2.24, 2.45) is 0 Å². The second kappa shape index (κ2) is 6.88. The van der Waals surface area contributed by atoms with Gasteiger partial charge in [-0.2, -0.15) is 0 Å². The monoisotopic (exact) mass is 197 g/mol. The molecule has 1 amide bonds. The Hall–Kier alpha value is -1.58. The lowest BCUT2D eigenvalue weighted by Crippen LogP contribution is -2.09. The van der Waals surface area contributed by atoms with E-state index in [1.807, 2.05) is 13.8 Å². The Bertz CT molecular complexity index is 267. The zero-order valence-electron chi connectivity index (χ0n) is 8.66. The summed E-state index contributed by atoms with van der Waals surface area (Å²) in [6.45, 7) is 3.88. The number of hydrogen-bond acceptors (Lipinski definition) is 3. The molecular formula is C10H15NO3. The Labute approximate surface area is 83.6 Å². The molecule has 0 radical (unpaired) electrons. The molecule has 0 aliphatic rings. The van der Waals surface area contributed by atoms with E-state index < -0.39 is 5.97 Å². The van der Waals surface area contributed by atoms with E-state index in [2.05, 4.69) is 10.1 Å². The van der Waals surface area contributed by atoms with Crippen LogP contribution >= 0.6 is 0 Å². The number of allylic oxidation sites excluding steroid dienone is 1. The van der Waals surface area contributed by atoms with E-state index in [0.29, 0.717) is 12.0 Å². The Morgan fingerprint density at radius 2 is 2.14 bits per heavy atom. The van der Waals surface area contributed by atoms with E-state index in [9.17, 15) is 9.59 Å². The van der Waals surface area contributed by atoms with Gasteiger partial charge in [0.25, 0.3) is 0 Å². The maximum Gasteiger partial charge on any atom is 0.339 e. The maximum absolute atomic E-state index is 11.2. The zero-order valence-corrected chi connectivity index (χ0v) is 8.66. The van der Waals surface area contributed by atoms with Crippen molar-refractivity contribution < 1.29 is 14.3 Å². The first kappa shape index (κ1) is 12.4. The molecule has 0 aromatic carbocycles. The number of hydrogen-bond donors (Lipinski definition) is 1. The molecule has 0 fully saturated rings. The highest BCUT2D eigenvalue weighted by atomic mass is 16.5. The fourth-order valence-corrected chi connectivity index (χ4v) is 0.769. The molecule has 0 saturated heterocycles. The largest absolute Gasteiger partial charge is 0.465 e. The number of rotatable bonds is 5. The van der Waals surface area contributed by atoms with Gasteiger partial charge in [-0.25, -0.2) is 4.79 Å². The summed E-state index contributed by atoms with van der Waals surface area (Å²) in [5.74, 6) is -0.466. The van der Waals surface area contributed by atoms with E-state index >= 15 is 0 Å². The van der Waals surface area contributed by atoms with Gasteiger partial charge in [0.1, 0.15) is 0 Å². The number of nitrogens with one attached hydrogen (secondary N) is 1. The first-order valence-corrected chi connectivity index (χ1v) is 4.31. The van der Waals surface area contributed by atoms with Crippen LogP contribution in [0.3, 0.4) is 0 Å². The van der Waals surface area contributed by atoms with Gasteiger partial charge in [0.2, 0.25) is 6.41 Å². The van der Waals surface area contributed by atoms with Crippen molar-refractivity contribution in [2.75, 3.05) is 7.11 Å². The van der Waals surface area contributed by atoms with Crippen LogP contribution in [0.2, 0.25) is 0 Å². The molecule has 0 spiro atoms. The van der Waals surface area contributed by atoms with Crippen molar-refractivity contribution in [3.8, 4) is 0 Å². The smallest absolute Gasteiger partial charge is 0.339 e. The number of amides is 1. The molecule has 0 bridgehead atoms. The Morgan fingerprint density at radius 3 is 2.57 bits per heavy atom. The average Bonchev–Trinajstić information content (AvgIpc) is 2.22. The van der Waals surface area contributed by atoms with Crippen molar-refractivity contribution in [2.45, 2.75) is 20.3 Å². The summed E-state index contributed by atoms with van der Waals surface area (Å²) >= 11 is 0. The predicted molar refractivity (Wildman–Crippen MR) is 53.3 cm³/mol. The number of carbonyl (C=O) groups is 2. The van der Waals surface area contributed by atoms with Gasteiger partial charge in [-0.05, 0) is 19.4 Å². The molecule has 0 aromatic heterocycles. The second-order valence-electron chi connectivity index (χ2n) is 2.72. The molecule has 0 aliphatic carbocycles. The van der Waals surface area contributed by atoms with Crippen LogP contribution in [0.15, 0.2) is 23.4 Å². The van der Waals surface area contributed by atoms with Crippen molar-refractivity contribution in [3.63, 3.8) is 0 Å². The zero-order chi connectivity index (χ0) is 11.0. The van der Waals surface area contributed by atoms with Gasteiger partial charge in [-0.1, -0.05) is 12.5 Å². The fourth-order valence-electron chi connectivity index (χ4n) is 0.769. The third-order valence-electron chi connectivity index (χ3n) is 1.69. The summed E-state index contributed by atoms with van der Waals surface area (Å²) in [5.41, 5.74) is 1.37. The second-order valence-corrected chi connectivity index (χ2v) is 2.72. The van der Waals surface area contributed by atoms with E-state index in [1.54, 1.807) is 6.08 Å². The Morgan fingerprint density at radius 1 is 1.50 bits per heavy atom. The summed E-state index contributed by atoms with van der Waals surface area (Å²) in [7, 11) is 1.30. The van der Waals surface area contributed by atoms with Crippen molar-refractivity contribution in [1.29, 1.82) is 0 Å². The molecule has 1 N–H and O–H groups in total. The minimum atomic E-state index is -0.466. The lowest BCUT2D eigenvalue weighted by Gasteiger charge is -2.01. The van der Waals surface area contributed by atoms with Gasteiger partial charge < -0.3 is 10.1 Å². The normalized spacial score (nSPS) is 12.2. The Kier molecular flexibility index (Phi) is 6.11. The van der Waals surface area contributed by atoms with Crippen molar-refractivity contribution in [3.05, 3.63) is 23.4 Å². The summed E-state index contributed by atoms with van der Waals surface area (Å²) < 4.78 is 4.55. The standard InChI is InChI=1S/C10H15NO3/c1-4-8(2)5-9(6-11-7-12)10(13)14-3/h5-7H,4H2,1-3H3,(H,11,12)/b8-5+,9-6+. The maximum atomic E-state index is 11.2. The molecule has 78 valence electrons. The summed E-state index contributed by atoms with van der Waals surface area (Å²) in [5, 5.41) is 2.31. The third kappa shape index (κ3) is 4.45. The molecule has 4 heteroatoms. The van der Waals surface area contributed by atoms with Crippen LogP contribution in [0.5, 0.6) is 0 Å². The fraction of sp³-hybridized carbons (Fsp3) is 0.400. The number of esters is 1. The quantitative estimate of drug-likeness (QED) is 0.311. The lowest BCUT2D eigenvalue weighted by molar-refractivity contribution is -0.135. The molecule has 0 unspecified atom stereocenters. The third-order valence-corrected chi connectivity index (χ3v) is 1.69. The van der Waals surface area contributed by atoms with Crippen LogP contribution in [0.1, 0.15) is 20.3 Å².